The molecule has 0 spiro atoms. The van der Waals surface area contributed by atoms with E-state index in [9.17, 15) is 0 Å². The number of aromatic nitrogens is 1. The van der Waals surface area contributed by atoms with Crippen LogP contribution in [0.2, 0.25) is 0 Å². The van der Waals surface area contributed by atoms with Crippen molar-refractivity contribution < 1.29 is 9.47 Å². The Morgan fingerprint density at radius 2 is 2.05 bits per heavy atom. The van der Waals surface area contributed by atoms with E-state index in [1.165, 1.54) is 15.8 Å². The predicted octanol–water partition coefficient (Wildman–Crippen LogP) is 4.44. The molecule has 0 unspecified atom stereocenters. The molecule has 1 fully saturated rings. The fourth-order valence-electron chi connectivity index (χ4n) is 3.18. The molecule has 114 valence electrons. The van der Waals surface area contributed by atoms with Crippen LogP contribution in [0.1, 0.15) is 24.8 Å². The molecule has 0 N–H and O–H groups in total. The fourth-order valence-corrected chi connectivity index (χ4v) is 4.05. The molecule has 4 heteroatoms. The molecule has 1 saturated heterocycles. The van der Waals surface area contributed by atoms with Crippen molar-refractivity contribution in [3.63, 3.8) is 0 Å². The molecule has 0 bridgehead atoms. The number of rotatable bonds is 3. The number of benzene rings is 1. The zero-order chi connectivity index (χ0) is 15.2. The van der Waals surface area contributed by atoms with Crippen LogP contribution in [0.25, 0.3) is 10.9 Å². The molecule has 3 aromatic rings. The Kier molecular flexibility index (Phi) is 3.33. The molecule has 4 rings (SSSR count). The molecule has 2 atom stereocenters. The summed E-state index contributed by atoms with van der Waals surface area (Å²) in [7, 11) is 0. The zero-order valence-corrected chi connectivity index (χ0v) is 13.5. The highest BCUT2D eigenvalue weighted by molar-refractivity contribution is 7.10. The van der Waals surface area contributed by atoms with Crippen LogP contribution in [-0.2, 0) is 9.47 Å². The van der Waals surface area contributed by atoms with Crippen LogP contribution < -0.4 is 0 Å². The Morgan fingerprint density at radius 1 is 1.18 bits per heavy atom. The maximum Gasteiger partial charge on any atom is 0.163 e. The van der Waals surface area contributed by atoms with Crippen LogP contribution in [-0.4, -0.2) is 23.1 Å². The van der Waals surface area contributed by atoms with Gasteiger partial charge in [0.25, 0.3) is 0 Å². The predicted molar refractivity (Wildman–Crippen MR) is 89.3 cm³/mol. The van der Waals surface area contributed by atoms with Crippen molar-refractivity contribution in [3.05, 3.63) is 58.9 Å². The molecule has 2 aromatic heterocycles. The van der Waals surface area contributed by atoms with Crippen LogP contribution in [0.15, 0.2) is 54.0 Å². The summed E-state index contributed by atoms with van der Waals surface area (Å²) >= 11 is 1.77. The molecule has 0 saturated carbocycles. The van der Waals surface area contributed by atoms with Gasteiger partial charge in [-0.2, -0.15) is 0 Å². The van der Waals surface area contributed by atoms with Crippen LogP contribution in [0, 0.1) is 0 Å². The number of ether oxygens (including phenoxy) is 2. The van der Waals surface area contributed by atoms with E-state index in [0.29, 0.717) is 6.61 Å². The Balaban J connectivity index is 1.81. The van der Waals surface area contributed by atoms with Gasteiger partial charge >= 0.3 is 0 Å². The third-order valence-electron chi connectivity index (χ3n) is 4.15. The highest BCUT2D eigenvalue weighted by atomic mass is 32.1. The van der Waals surface area contributed by atoms with Crippen molar-refractivity contribution in [1.82, 2.24) is 4.57 Å². The van der Waals surface area contributed by atoms with Gasteiger partial charge in [0.2, 0.25) is 0 Å². The average Bonchev–Trinajstić information content (AvgIpc) is 3.21. The first kappa shape index (κ1) is 14.0. The van der Waals surface area contributed by atoms with E-state index in [1.54, 1.807) is 11.3 Å². The smallest absolute Gasteiger partial charge is 0.163 e. The van der Waals surface area contributed by atoms with Crippen LogP contribution in [0.4, 0.5) is 0 Å². The molecule has 1 aliphatic rings. The van der Waals surface area contributed by atoms with Crippen molar-refractivity contribution in [2.45, 2.75) is 31.8 Å². The van der Waals surface area contributed by atoms with E-state index in [4.69, 9.17) is 9.47 Å². The number of fused-ring (bicyclic) bond motifs is 1. The summed E-state index contributed by atoms with van der Waals surface area (Å²) in [6.07, 6.45) is 2.17. The summed E-state index contributed by atoms with van der Waals surface area (Å²) in [6.45, 7) is 4.57. The van der Waals surface area contributed by atoms with E-state index in [1.807, 2.05) is 13.8 Å². The van der Waals surface area contributed by atoms with Crippen LogP contribution >= 0.6 is 11.3 Å². The van der Waals surface area contributed by atoms with Gasteiger partial charge in [0, 0.05) is 16.6 Å². The first-order valence-corrected chi connectivity index (χ1v) is 8.43. The van der Waals surface area contributed by atoms with Crippen LogP contribution in [0.3, 0.4) is 0 Å². The molecular weight excluding hydrogens is 294 g/mol. The lowest BCUT2D eigenvalue weighted by Crippen LogP contribution is -2.29. The van der Waals surface area contributed by atoms with Gasteiger partial charge in [0.15, 0.2) is 5.79 Å². The van der Waals surface area contributed by atoms with E-state index in [2.05, 4.69) is 58.6 Å². The van der Waals surface area contributed by atoms with E-state index >= 15 is 0 Å². The van der Waals surface area contributed by atoms with Gasteiger partial charge in [-0.05, 0) is 42.8 Å². The second-order valence-electron chi connectivity index (χ2n) is 6.11. The topological polar surface area (TPSA) is 23.4 Å². The second kappa shape index (κ2) is 5.23. The lowest BCUT2D eigenvalue weighted by atomic mass is 10.1. The Hall–Kier alpha value is -1.62. The first-order valence-electron chi connectivity index (χ1n) is 7.55. The molecular formula is C18H19NO2S. The van der Waals surface area contributed by atoms with Gasteiger partial charge in [-0.25, -0.2) is 0 Å². The Labute approximate surface area is 134 Å². The summed E-state index contributed by atoms with van der Waals surface area (Å²) in [5.41, 5.74) is 1.23. The molecule has 3 heterocycles. The molecule has 3 nitrogen and oxygen atoms in total. The van der Waals surface area contributed by atoms with Crippen LogP contribution in [0.5, 0.6) is 0 Å². The minimum Gasteiger partial charge on any atom is -0.348 e. The Morgan fingerprint density at radius 3 is 2.77 bits per heavy atom. The quantitative estimate of drug-likeness (QED) is 0.713. The summed E-state index contributed by atoms with van der Waals surface area (Å²) < 4.78 is 14.3. The largest absolute Gasteiger partial charge is 0.348 e. The minimum atomic E-state index is -0.511. The van der Waals surface area contributed by atoms with Gasteiger partial charge in [-0.3, -0.25) is 0 Å². The van der Waals surface area contributed by atoms with E-state index < -0.39 is 5.79 Å². The highest BCUT2D eigenvalue weighted by Gasteiger charge is 2.39. The molecule has 1 aliphatic heterocycles. The van der Waals surface area contributed by atoms with E-state index in [0.717, 1.165) is 0 Å². The summed E-state index contributed by atoms with van der Waals surface area (Å²) in [5.74, 6) is -0.511. The zero-order valence-electron chi connectivity index (χ0n) is 12.7. The Bertz CT molecular complexity index is 775. The van der Waals surface area contributed by atoms with Gasteiger partial charge in [-0.1, -0.05) is 24.3 Å². The highest BCUT2D eigenvalue weighted by Crippen LogP contribution is 2.37. The minimum absolute atomic E-state index is 0.0180. The van der Waals surface area contributed by atoms with Gasteiger partial charge in [-0.15, -0.1) is 11.3 Å². The van der Waals surface area contributed by atoms with Gasteiger partial charge in [0.05, 0.1) is 12.6 Å². The van der Waals surface area contributed by atoms with E-state index in [-0.39, 0.29) is 12.1 Å². The summed E-state index contributed by atoms with van der Waals surface area (Å²) in [6, 6.07) is 15.0. The summed E-state index contributed by atoms with van der Waals surface area (Å²) in [5, 5.41) is 3.37. The van der Waals surface area contributed by atoms with Gasteiger partial charge < -0.3 is 14.0 Å². The standard InChI is InChI=1S/C18H19NO2S/c1-18(2)20-12-15(21-18)17(16-8-5-11-22-16)19-10-9-13-6-3-4-7-14(13)19/h3-11,15,17H,12H2,1-2H3/t15-,17-/m1/s1. The molecule has 0 amide bonds. The van der Waals surface area contributed by atoms with Crippen molar-refractivity contribution >= 4 is 22.2 Å². The molecule has 1 aromatic carbocycles. The average molecular weight is 313 g/mol. The molecule has 22 heavy (non-hydrogen) atoms. The number of hydrogen-bond donors (Lipinski definition) is 0. The number of nitrogens with zero attached hydrogens (tertiary/aromatic N) is 1. The van der Waals surface area contributed by atoms with Crippen molar-refractivity contribution in [2.24, 2.45) is 0 Å². The normalized spacial score (nSPS) is 22.2. The monoisotopic (exact) mass is 313 g/mol. The van der Waals surface area contributed by atoms with Gasteiger partial charge in [0.1, 0.15) is 6.10 Å². The maximum absolute atomic E-state index is 6.17. The summed E-state index contributed by atoms with van der Waals surface area (Å²) in [4.78, 5) is 1.30. The fraction of sp³-hybridized carbons (Fsp3) is 0.333. The van der Waals surface area contributed by atoms with Crippen molar-refractivity contribution in [3.8, 4) is 0 Å². The third-order valence-corrected chi connectivity index (χ3v) is 5.09. The second-order valence-corrected chi connectivity index (χ2v) is 7.09. The number of para-hydroxylation sites is 1. The molecule has 0 aliphatic carbocycles. The third kappa shape index (κ3) is 2.37. The number of hydrogen-bond acceptors (Lipinski definition) is 3. The van der Waals surface area contributed by atoms with Crippen molar-refractivity contribution in [2.75, 3.05) is 6.61 Å². The lowest BCUT2D eigenvalue weighted by Gasteiger charge is -2.25. The lowest BCUT2D eigenvalue weighted by molar-refractivity contribution is -0.141. The van der Waals surface area contributed by atoms with Crippen molar-refractivity contribution in [1.29, 1.82) is 0 Å². The SMILES string of the molecule is CC1(C)OC[C@H]([C@H](c2cccs2)n2ccc3ccccc32)O1. The first-order chi connectivity index (χ1) is 10.6. The number of thiophene rings is 1. The molecule has 0 radical (unpaired) electrons. The maximum atomic E-state index is 6.17.